The lowest BCUT2D eigenvalue weighted by atomic mass is 9.96. The molecule has 2 aromatic carbocycles. The Bertz CT molecular complexity index is 1070. The van der Waals surface area contributed by atoms with Crippen molar-refractivity contribution in [1.29, 1.82) is 0 Å². The maximum Gasteiger partial charge on any atom is 0.322 e. The topological polar surface area (TPSA) is 73.0 Å². The number of carbonyl (C=O) groups excluding carboxylic acids is 3. The van der Waals surface area contributed by atoms with Gasteiger partial charge in [-0.05, 0) is 17.2 Å². The van der Waals surface area contributed by atoms with Crippen LogP contribution in [-0.4, -0.2) is 59.7 Å². The first kappa shape index (κ1) is 20.9. The first-order valence-corrected chi connectivity index (χ1v) is 10.3. The third kappa shape index (κ3) is 4.01. The number of urea groups is 1. The fraction of sp³-hybridized carbons (Fsp3) is 0.261. The van der Waals surface area contributed by atoms with Crippen molar-refractivity contribution in [3.05, 3.63) is 82.0 Å². The maximum absolute atomic E-state index is 13.3. The molecule has 31 heavy (non-hydrogen) atoms. The number of hydrogen-bond donors (Lipinski definition) is 1. The molecule has 1 unspecified atom stereocenters. The number of carbonyl (C=O) groups is 3. The Kier molecular flexibility index (Phi) is 5.69. The monoisotopic (exact) mass is 438 g/mol. The van der Waals surface area contributed by atoms with Crippen molar-refractivity contribution in [2.24, 2.45) is 0 Å². The molecule has 2 aliphatic rings. The average molecular weight is 439 g/mol. The van der Waals surface area contributed by atoms with Crippen molar-refractivity contribution in [3.63, 3.8) is 0 Å². The molecule has 2 aromatic rings. The standard InChI is InChI=1S/C23H23ClN4O3/c1-26(12-15-8-4-3-5-9-15)19(29)14-28-13-18-20(22(28)30)21(25-23(31)27(18)2)16-10-6-7-11-17(16)24/h3-11,21H,12-14H2,1-2H3,(H,25,31). The minimum atomic E-state index is -0.651. The number of hydrogen-bond acceptors (Lipinski definition) is 3. The fourth-order valence-corrected chi connectivity index (χ4v) is 4.17. The Morgan fingerprint density at radius 3 is 2.52 bits per heavy atom. The summed E-state index contributed by atoms with van der Waals surface area (Å²) >= 11 is 6.35. The zero-order valence-corrected chi connectivity index (χ0v) is 18.1. The van der Waals surface area contributed by atoms with Crippen LogP contribution in [0.25, 0.3) is 0 Å². The number of benzene rings is 2. The summed E-state index contributed by atoms with van der Waals surface area (Å²) in [6, 6.07) is 15.8. The number of nitrogens with one attached hydrogen (secondary N) is 1. The lowest BCUT2D eigenvalue weighted by Gasteiger charge is -2.31. The van der Waals surface area contributed by atoms with Gasteiger partial charge in [0.25, 0.3) is 5.91 Å². The Morgan fingerprint density at radius 2 is 1.81 bits per heavy atom. The fourth-order valence-electron chi connectivity index (χ4n) is 3.92. The highest BCUT2D eigenvalue weighted by atomic mass is 35.5. The molecule has 0 fully saturated rings. The molecule has 0 bridgehead atoms. The van der Waals surface area contributed by atoms with Crippen LogP contribution in [0.5, 0.6) is 0 Å². The normalized spacial score (nSPS) is 18.2. The summed E-state index contributed by atoms with van der Waals surface area (Å²) in [5.41, 5.74) is 2.71. The summed E-state index contributed by atoms with van der Waals surface area (Å²) in [6.45, 7) is 0.591. The van der Waals surface area contributed by atoms with Gasteiger partial charge in [0.05, 0.1) is 23.9 Å². The molecular formula is C23H23ClN4O3. The van der Waals surface area contributed by atoms with Crippen LogP contribution in [-0.2, 0) is 16.1 Å². The van der Waals surface area contributed by atoms with E-state index in [1.54, 1.807) is 37.2 Å². The van der Waals surface area contributed by atoms with E-state index in [9.17, 15) is 14.4 Å². The number of halogens is 1. The predicted molar refractivity (Wildman–Crippen MR) is 117 cm³/mol. The van der Waals surface area contributed by atoms with Gasteiger partial charge in [0.15, 0.2) is 0 Å². The Balaban J connectivity index is 1.53. The lowest BCUT2D eigenvalue weighted by molar-refractivity contribution is -0.137. The van der Waals surface area contributed by atoms with Gasteiger partial charge in [0, 0.05) is 25.7 Å². The number of rotatable bonds is 5. The molecule has 160 valence electrons. The van der Waals surface area contributed by atoms with Crippen LogP contribution in [0.1, 0.15) is 17.2 Å². The summed E-state index contributed by atoms with van der Waals surface area (Å²) in [5, 5.41) is 3.32. The molecule has 7 nitrogen and oxygen atoms in total. The zero-order chi connectivity index (χ0) is 22.1. The molecule has 2 aliphatic heterocycles. The van der Waals surface area contributed by atoms with E-state index < -0.39 is 6.04 Å². The first-order valence-electron chi connectivity index (χ1n) is 9.95. The molecule has 1 atom stereocenters. The zero-order valence-electron chi connectivity index (χ0n) is 17.3. The average Bonchev–Trinajstić information content (AvgIpc) is 3.08. The molecule has 0 radical (unpaired) electrons. The highest BCUT2D eigenvalue weighted by Crippen LogP contribution is 2.37. The number of nitrogens with zero attached hydrogens (tertiary/aromatic N) is 3. The van der Waals surface area contributed by atoms with E-state index in [1.807, 2.05) is 36.4 Å². The highest BCUT2D eigenvalue weighted by Gasteiger charge is 2.43. The molecule has 0 aromatic heterocycles. The second kappa shape index (κ2) is 8.43. The molecule has 1 N–H and O–H groups in total. The van der Waals surface area contributed by atoms with E-state index in [2.05, 4.69) is 5.32 Å². The molecule has 0 saturated heterocycles. The summed E-state index contributed by atoms with van der Waals surface area (Å²) in [7, 11) is 3.33. The van der Waals surface area contributed by atoms with Gasteiger partial charge in [-0.25, -0.2) is 4.79 Å². The van der Waals surface area contributed by atoms with Gasteiger partial charge in [0.2, 0.25) is 5.91 Å². The van der Waals surface area contributed by atoms with Crippen LogP contribution in [0, 0.1) is 0 Å². The SMILES string of the molecule is CN(Cc1ccccc1)C(=O)CN1CC2=C(C1=O)C(c1ccccc1Cl)NC(=O)N2C. The third-order valence-electron chi connectivity index (χ3n) is 5.67. The van der Waals surface area contributed by atoms with Crippen molar-refractivity contribution in [1.82, 2.24) is 20.0 Å². The van der Waals surface area contributed by atoms with Crippen LogP contribution >= 0.6 is 11.6 Å². The molecule has 0 aliphatic carbocycles. The van der Waals surface area contributed by atoms with Crippen LogP contribution in [0.15, 0.2) is 65.9 Å². The summed E-state index contributed by atoms with van der Waals surface area (Å²) in [5.74, 6) is -0.443. The van der Waals surface area contributed by atoms with Crippen molar-refractivity contribution in [3.8, 4) is 0 Å². The smallest absolute Gasteiger partial charge is 0.322 e. The largest absolute Gasteiger partial charge is 0.340 e. The van der Waals surface area contributed by atoms with Gasteiger partial charge in [0.1, 0.15) is 6.54 Å². The van der Waals surface area contributed by atoms with Crippen molar-refractivity contribution in [2.45, 2.75) is 12.6 Å². The molecule has 0 spiro atoms. The van der Waals surface area contributed by atoms with E-state index in [1.165, 1.54) is 9.80 Å². The van der Waals surface area contributed by atoms with Gasteiger partial charge < -0.3 is 15.1 Å². The van der Waals surface area contributed by atoms with Gasteiger partial charge >= 0.3 is 6.03 Å². The molecule has 2 heterocycles. The minimum absolute atomic E-state index is 0.0631. The minimum Gasteiger partial charge on any atom is -0.340 e. The second-order valence-corrected chi connectivity index (χ2v) is 8.13. The summed E-state index contributed by atoms with van der Waals surface area (Å²) < 4.78 is 0. The third-order valence-corrected chi connectivity index (χ3v) is 6.01. The van der Waals surface area contributed by atoms with Crippen LogP contribution in [0.3, 0.4) is 0 Å². The molecule has 0 saturated carbocycles. The number of likely N-dealkylation sites (N-methyl/N-ethyl adjacent to an activating group) is 2. The van der Waals surface area contributed by atoms with E-state index in [0.717, 1.165) is 5.56 Å². The van der Waals surface area contributed by atoms with E-state index in [0.29, 0.717) is 28.4 Å². The van der Waals surface area contributed by atoms with Crippen LogP contribution in [0.4, 0.5) is 4.79 Å². The molecule has 8 heteroatoms. The highest BCUT2D eigenvalue weighted by molar-refractivity contribution is 6.31. The Labute approximate surface area is 185 Å². The van der Waals surface area contributed by atoms with Gasteiger partial charge in [-0.2, -0.15) is 0 Å². The van der Waals surface area contributed by atoms with Crippen molar-refractivity contribution in [2.75, 3.05) is 27.2 Å². The maximum atomic E-state index is 13.3. The summed E-state index contributed by atoms with van der Waals surface area (Å²) in [4.78, 5) is 43.1. The molecule has 4 rings (SSSR count). The van der Waals surface area contributed by atoms with Gasteiger partial charge in [-0.15, -0.1) is 0 Å². The quantitative estimate of drug-likeness (QED) is 0.780. The van der Waals surface area contributed by atoms with Crippen LogP contribution < -0.4 is 5.32 Å². The molecule has 4 amide bonds. The Hall–Kier alpha value is -3.32. The number of amides is 4. The van der Waals surface area contributed by atoms with Gasteiger partial charge in [-0.1, -0.05) is 60.1 Å². The van der Waals surface area contributed by atoms with Gasteiger partial charge in [-0.3, -0.25) is 14.5 Å². The van der Waals surface area contributed by atoms with Crippen molar-refractivity contribution < 1.29 is 14.4 Å². The molecular weight excluding hydrogens is 416 g/mol. The van der Waals surface area contributed by atoms with Crippen LogP contribution in [0.2, 0.25) is 5.02 Å². The summed E-state index contributed by atoms with van der Waals surface area (Å²) in [6.07, 6.45) is 0. The first-order chi connectivity index (χ1) is 14.9. The lowest BCUT2D eigenvalue weighted by Crippen LogP contribution is -2.45. The second-order valence-electron chi connectivity index (χ2n) is 7.72. The Morgan fingerprint density at radius 1 is 1.13 bits per heavy atom. The predicted octanol–water partition coefficient (Wildman–Crippen LogP) is 2.79. The van der Waals surface area contributed by atoms with E-state index >= 15 is 0 Å². The van der Waals surface area contributed by atoms with E-state index in [4.69, 9.17) is 11.6 Å². The van der Waals surface area contributed by atoms with E-state index in [-0.39, 0.29) is 30.9 Å². The van der Waals surface area contributed by atoms with Crippen molar-refractivity contribution >= 4 is 29.4 Å².